The molecule has 1 aliphatic carbocycles. The number of carbonyl (C=O) groups excluding carboxylic acids is 1. The molecule has 6 N–H and O–H groups in total. The summed E-state index contributed by atoms with van der Waals surface area (Å²) in [5, 5.41) is 45.3. The second-order valence-electron chi connectivity index (χ2n) is 10.2. The van der Waals surface area contributed by atoms with Gasteiger partial charge in [0.2, 0.25) is 6.29 Å². The van der Waals surface area contributed by atoms with Crippen molar-refractivity contribution >= 4 is 16.9 Å². The number of aromatic nitrogens is 1. The van der Waals surface area contributed by atoms with Crippen LogP contribution in [0.4, 0.5) is 0 Å². The van der Waals surface area contributed by atoms with Gasteiger partial charge in [-0.25, -0.2) is 4.79 Å². The number of para-hydroxylation sites is 1. The van der Waals surface area contributed by atoms with E-state index in [0.717, 1.165) is 29.7 Å². The number of methoxy groups -OCH3 is 1. The normalized spacial score (nSPS) is 36.6. The van der Waals surface area contributed by atoms with Crippen LogP contribution in [0.1, 0.15) is 23.7 Å². The van der Waals surface area contributed by atoms with Gasteiger partial charge in [0.1, 0.15) is 24.4 Å². The fourth-order valence-electron chi connectivity index (χ4n) is 6.28. The van der Waals surface area contributed by atoms with E-state index < -0.39 is 55.5 Å². The maximum atomic E-state index is 12.6. The molecule has 6 rings (SSSR count). The fraction of sp³-hybridized carbons (Fsp3) is 0.519. The van der Waals surface area contributed by atoms with E-state index in [-0.39, 0.29) is 12.0 Å². The molecule has 1 fully saturated rings. The third-order valence-corrected chi connectivity index (χ3v) is 8.18. The number of hydrogen-bond donors (Lipinski definition) is 6. The first-order chi connectivity index (χ1) is 18.4. The number of esters is 1. The summed E-state index contributed by atoms with van der Waals surface area (Å²) in [5.41, 5.74) is 4.67. The number of rotatable bonds is 5. The lowest BCUT2D eigenvalue weighted by molar-refractivity contribution is -0.339. The van der Waals surface area contributed by atoms with Gasteiger partial charge in [-0.15, -0.1) is 0 Å². The van der Waals surface area contributed by atoms with Crippen LogP contribution in [0, 0.1) is 11.8 Å². The predicted octanol–water partition coefficient (Wildman–Crippen LogP) is 0.147. The van der Waals surface area contributed by atoms with Crippen molar-refractivity contribution in [3.05, 3.63) is 59.0 Å². The average Bonchev–Trinajstić information content (AvgIpc) is 3.55. The van der Waals surface area contributed by atoms with Gasteiger partial charge in [-0.05, 0) is 30.0 Å². The maximum absolute atomic E-state index is 12.6. The zero-order valence-electron chi connectivity index (χ0n) is 20.8. The summed E-state index contributed by atoms with van der Waals surface area (Å²) in [6, 6.07) is 7.97. The van der Waals surface area contributed by atoms with Crippen molar-refractivity contribution in [3.8, 4) is 0 Å². The van der Waals surface area contributed by atoms with Crippen LogP contribution in [0.3, 0.4) is 0 Å². The summed E-state index contributed by atoms with van der Waals surface area (Å²) in [6.07, 6.45) is -3.33. The molecular formula is C27H32N2O9. The van der Waals surface area contributed by atoms with Crippen molar-refractivity contribution in [2.75, 3.05) is 20.3 Å². The highest BCUT2D eigenvalue weighted by atomic mass is 16.8. The number of nitrogens with one attached hydrogen (secondary N) is 2. The molecule has 9 atom stereocenters. The van der Waals surface area contributed by atoms with E-state index in [1.807, 2.05) is 18.2 Å². The molecule has 3 aliphatic heterocycles. The van der Waals surface area contributed by atoms with Crippen LogP contribution in [0.25, 0.3) is 10.9 Å². The largest absolute Gasteiger partial charge is 0.471 e. The maximum Gasteiger partial charge on any atom is 0.337 e. The van der Waals surface area contributed by atoms with Crippen LogP contribution in [-0.4, -0.2) is 88.6 Å². The van der Waals surface area contributed by atoms with Crippen LogP contribution < -0.4 is 5.32 Å². The Labute approximate surface area is 218 Å². The molecule has 0 bridgehead atoms. The molecule has 0 radical (unpaired) electrons. The van der Waals surface area contributed by atoms with Gasteiger partial charge in [0.15, 0.2) is 6.29 Å². The number of aliphatic hydroxyl groups excluding tert-OH is 4. The highest BCUT2D eigenvalue weighted by Crippen LogP contribution is 2.49. The van der Waals surface area contributed by atoms with Gasteiger partial charge >= 0.3 is 5.97 Å². The Morgan fingerprint density at radius 2 is 1.95 bits per heavy atom. The third kappa shape index (κ3) is 4.06. The Morgan fingerprint density at radius 1 is 1.13 bits per heavy atom. The monoisotopic (exact) mass is 528 g/mol. The molecule has 11 heteroatoms. The topological polar surface area (TPSA) is 163 Å². The highest BCUT2D eigenvalue weighted by Gasteiger charge is 2.51. The Morgan fingerprint density at radius 3 is 2.74 bits per heavy atom. The number of fused-ring (bicyclic) bond motifs is 4. The molecular weight excluding hydrogens is 496 g/mol. The molecule has 4 aliphatic rings. The van der Waals surface area contributed by atoms with Crippen LogP contribution in [0.5, 0.6) is 0 Å². The van der Waals surface area contributed by atoms with Crippen LogP contribution >= 0.6 is 0 Å². The summed E-state index contributed by atoms with van der Waals surface area (Å²) < 4.78 is 22.6. The Balaban J connectivity index is 1.34. The van der Waals surface area contributed by atoms with Crippen molar-refractivity contribution < 1.29 is 44.2 Å². The predicted molar refractivity (Wildman–Crippen MR) is 132 cm³/mol. The van der Waals surface area contributed by atoms with E-state index in [4.69, 9.17) is 18.9 Å². The molecule has 2 aromatic rings. The molecule has 1 aromatic heterocycles. The summed E-state index contributed by atoms with van der Waals surface area (Å²) in [4.78, 5) is 16.2. The lowest BCUT2D eigenvalue weighted by Gasteiger charge is -2.43. The Kier molecular flexibility index (Phi) is 6.77. The van der Waals surface area contributed by atoms with E-state index in [1.54, 1.807) is 0 Å². The fourth-order valence-corrected chi connectivity index (χ4v) is 6.28. The Hall–Kier alpha value is -2.77. The molecule has 0 amide bonds. The number of hydrogen-bond acceptors (Lipinski definition) is 10. The molecule has 0 spiro atoms. The lowest BCUT2D eigenvalue weighted by Crippen LogP contribution is -2.60. The van der Waals surface area contributed by atoms with Crippen molar-refractivity contribution in [1.29, 1.82) is 0 Å². The van der Waals surface area contributed by atoms with Gasteiger partial charge in [0, 0.05) is 29.1 Å². The van der Waals surface area contributed by atoms with E-state index >= 15 is 0 Å². The first-order valence-electron chi connectivity index (χ1n) is 12.9. The van der Waals surface area contributed by atoms with Crippen molar-refractivity contribution in [3.63, 3.8) is 0 Å². The smallest absolute Gasteiger partial charge is 0.337 e. The molecule has 4 heterocycles. The molecule has 1 aromatic carbocycles. The van der Waals surface area contributed by atoms with Crippen molar-refractivity contribution in [2.45, 2.75) is 55.9 Å². The number of aromatic amines is 1. The van der Waals surface area contributed by atoms with Gasteiger partial charge in [0.05, 0.1) is 37.5 Å². The van der Waals surface area contributed by atoms with Crippen LogP contribution in [0.15, 0.2) is 47.7 Å². The minimum atomic E-state index is -1.58. The SMILES string of the molecule is COC(=O)C1=CO[C@H](O[C@@H]2O[C@H](CO)[C@@H](O)[C@H](O)[C@H]2O)[C@H]2C(C3NCCc4c3[nH]c3ccccc43)=CC[C@H]12. The summed E-state index contributed by atoms with van der Waals surface area (Å²) in [5.74, 6) is -1.25. The second-order valence-corrected chi connectivity index (χ2v) is 10.2. The summed E-state index contributed by atoms with van der Waals surface area (Å²) >= 11 is 0. The number of allylic oxidation sites excluding steroid dienone is 1. The van der Waals surface area contributed by atoms with Crippen LogP contribution in [-0.2, 0) is 30.2 Å². The number of aliphatic hydroxyl groups is 4. The molecule has 204 valence electrons. The number of ether oxygens (including phenoxy) is 4. The van der Waals surface area contributed by atoms with Gasteiger partial charge in [-0.1, -0.05) is 24.3 Å². The number of carbonyl (C=O) groups is 1. The lowest BCUT2D eigenvalue weighted by atomic mass is 9.79. The standard InChI is InChI=1S/C27H32N2O9/c1-35-25(34)16-11-36-26(38-27-24(33)23(32)22(31)18(10-30)37-27)19-13(16)6-7-15(19)20-21-14(8-9-28-20)12-4-2-3-5-17(12)29-21/h2-5,7,11,13,18-20,22-24,26-33H,6,8-10H2,1H3/t13-,18-,19-,20?,22-,23+,24-,26-,27+/m1/s1. The van der Waals surface area contributed by atoms with Crippen molar-refractivity contribution in [2.24, 2.45) is 11.8 Å². The average molecular weight is 529 g/mol. The van der Waals surface area contributed by atoms with Gasteiger partial charge in [0.25, 0.3) is 0 Å². The van der Waals surface area contributed by atoms with Gasteiger partial charge in [-0.2, -0.15) is 0 Å². The zero-order chi connectivity index (χ0) is 26.6. The van der Waals surface area contributed by atoms with E-state index in [0.29, 0.717) is 12.0 Å². The zero-order valence-corrected chi connectivity index (χ0v) is 20.8. The Bertz CT molecular complexity index is 1270. The third-order valence-electron chi connectivity index (χ3n) is 8.18. The summed E-state index contributed by atoms with van der Waals surface area (Å²) in [6.45, 7) is 0.183. The van der Waals surface area contributed by atoms with Gasteiger partial charge in [-0.3, -0.25) is 0 Å². The molecule has 1 saturated heterocycles. The van der Waals surface area contributed by atoms with E-state index in [9.17, 15) is 25.2 Å². The molecule has 0 saturated carbocycles. The quantitative estimate of drug-likeness (QED) is 0.233. The van der Waals surface area contributed by atoms with E-state index in [1.165, 1.54) is 24.3 Å². The number of H-pyrrole nitrogens is 1. The molecule has 38 heavy (non-hydrogen) atoms. The molecule has 1 unspecified atom stereocenters. The number of benzene rings is 1. The summed E-state index contributed by atoms with van der Waals surface area (Å²) in [7, 11) is 1.32. The van der Waals surface area contributed by atoms with E-state index in [2.05, 4.69) is 22.4 Å². The first kappa shape index (κ1) is 25.5. The minimum Gasteiger partial charge on any atom is -0.471 e. The second kappa shape index (κ2) is 10.1. The van der Waals surface area contributed by atoms with Crippen molar-refractivity contribution in [1.82, 2.24) is 10.3 Å². The van der Waals surface area contributed by atoms with Gasteiger partial charge < -0.3 is 49.7 Å². The first-order valence-corrected chi connectivity index (χ1v) is 12.9. The highest BCUT2D eigenvalue weighted by molar-refractivity contribution is 5.89. The molecule has 11 nitrogen and oxygen atoms in total. The minimum absolute atomic E-state index is 0.192. The van der Waals surface area contributed by atoms with Crippen LogP contribution in [0.2, 0.25) is 0 Å².